The molecule has 0 saturated carbocycles. The number of halogens is 3. The number of benzene rings is 1. The summed E-state index contributed by atoms with van der Waals surface area (Å²) >= 11 is 0. The number of ether oxygens (including phenoxy) is 3. The van der Waals surface area contributed by atoms with Crippen LogP contribution in [0.1, 0.15) is 37.6 Å². The molecule has 1 aromatic carbocycles. The standard InChI is InChI=1S/C21H24F3N2O8P/c1-11(2)32-20(29)13(4)26-35(30)34-17-6-5-15(33-21(22,23)24)7-18(17)31-10-14-8-25-12(3)19(28)16(14)9-27/h5-8,11,13,27-28H,9-10H2,1-4H3/t13-/m0/s1. The van der Waals surface area contributed by atoms with Gasteiger partial charge in [0, 0.05) is 23.4 Å². The number of aryl methyl sites for hydroxylation is 1. The number of alkyl halides is 3. The van der Waals surface area contributed by atoms with Gasteiger partial charge in [0.15, 0.2) is 11.8 Å². The molecule has 14 heteroatoms. The van der Waals surface area contributed by atoms with Gasteiger partial charge in [0.1, 0.15) is 18.1 Å². The zero-order chi connectivity index (χ0) is 26.3. The smallest absolute Gasteiger partial charge is 0.573 e. The minimum Gasteiger partial charge on any atom is -0.575 e. The Bertz CT molecular complexity index is 1080. The van der Waals surface area contributed by atoms with Gasteiger partial charge >= 0.3 is 20.5 Å². The third-order valence-corrected chi connectivity index (χ3v) is 5.14. The predicted octanol–water partition coefficient (Wildman–Crippen LogP) is 3.64. The quantitative estimate of drug-likeness (QED) is 0.355. The molecule has 192 valence electrons. The highest BCUT2D eigenvalue weighted by molar-refractivity contribution is 7.34. The first-order valence-electron chi connectivity index (χ1n) is 10.2. The molecule has 2 aromatic rings. The fourth-order valence-electron chi connectivity index (χ4n) is 2.64. The number of aliphatic hydroxyl groups is 1. The van der Waals surface area contributed by atoms with Crippen LogP contribution in [0.5, 0.6) is 23.0 Å². The molecule has 10 nitrogen and oxygen atoms in total. The van der Waals surface area contributed by atoms with Crippen LogP contribution >= 0.6 is 8.17 Å². The zero-order valence-electron chi connectivity index (χ0n) is 19.2. The third kappa shape index (κ3) is 8.53. The van der Waals surface area contributed by atoms with Crippen LogP contribution in [0.25, 0.3) is 0 Å². The van der Waals surface area contributed by atoms with E-state index in [1.807, 2.05) is 0 Å². The van der Waals surface area contributed by atoms with E-state index < -0.39 is 45.0 Å². The lowest BCUT2D eigenvalue weighted by Gasteiger charge is -2.15. The summed E-state index contributed by atoms with van der Waals surface area (Å²) in [5.41, 5.74) is 0.607. The molecule has 0 aliphatic rings. The fraction of sp³-hybridized carbons (Fsp3) is 0.429. The van der Waals surface area contributed by atoms with Crippen molar-refractivity contribution in [3.05, 3.63) is 41.2 Å². The average molecular weight is 520 g/mol. The molecule has 0 saturated heterocycles. The Morgan fingerprint density at radius 3 is 2.54 bits per heavy atom. The lowest BCUT2D eigenvalue weighted by atomic mass is 10.1. The van der Waals surface area contributed by atoms with Crippen molar-refractivity contribution in [2.24, 2.45) is 4.74 Å². The Kier molecular flexibility index (Phi) is 9.64. The van der Waals surface area contributed by atoms with Crippen LogP contribution < -0.4 is 18.9 Å². The van der Waals surface area contributed by atoms with Gasteiger partial charge in [-0.1, -0.05) is 4.74 Å². The van der Waals surface area contributed by atoms with Crippen LogP contribution in [0.15, 0.2) is 29.1 Å². The molecule has 0 aliphatic carbocycles. The summed E-state index contributed by atoms with van der Waals surface area (Å²) in [7, 11) is -2.85. The van der Waals surface area contributed by atoms with Crippen molar-refractivity contribution in [3.8, 4) is 23.0 Å². The Labute approximate surface area is 199 Å². The maximum Gasteiger partial charge on any atom is 0.573 e. The van der Waals surface area contributed by atoms with Gasteiger partial charge in [0.05, 0.1) is 18.4 Å². The van der Waals surface area contributed by atoms with E-state index in [2.05, 4.69) is 14.5 Å². The minimum atomic E-state index is -4.98. The van der Waals surface area contributed by atoms with Crippen LogP contribution in [-0.4, -0.2) is 39.7 Å². The van der Waals surface area contributed by atoms with Crippen molar-refractivity contribution in [2.75, 3.05) is 0 Å². The van der Waals surface area contributed by atoms with Gasteiger partial charge in [-0.3, -0.25) is 9.51 Å². The largest absolute Gasteiger partial charge is 0.575 e. The molecule has 2 atom stereocenters. The molecule has 35 heavy (non-hydrogen) atoms. The molecule has 0 aliphatic heterocycles. The summed E-state index contributed by atoms with van der Waals surface area (Å²) in [5.74, 6) is -2.22. The van der Waals surface area contributed by atoms with Crippen molar-refractivity contribution in [1.82, 2.24) is 4.98 Å². The van der Waals surface area contributed by atoms with E-state index in [-0.39, 0.29) is 40.7 Å². The van der Waals surface area contributed by atoms with E-state index in [4.69, 9.17) is 14.0 Å². The first-order chi connectivity index (χ1) is 16.3. The van der Waals surface area contributed by atoms with Crippen molar-refractivity contribution < 1.29 is 51.8 Å². The minimum absolute atomic E-state index is 0.112. The number of esters is 1. The Balaban J connectivity index is 2.32. The van der Waals surface area contributed by atoms with Crippen molar-refractivity contribution in [3.63, 3.8) is 0 Å². The lowest BCUT2D eigenvalue weighted by molar-refractivity contribution is -0.274. The second-order valence-electron chi connectivity index (χ2n) is 7.41. The number of carbonyl (C=O) groups is 1. The summed E-state index contributed by atoms with van der Waals surface area (Å²) in [5, 5.41) is 19.6. The number of aliphatic hydroxyl groups excluding tert-OH is 1. The molecule has 1 unspecified atom stereocenters. The van der Waals surface area contributed by atoms with E-state index >= 15 is 0 Å². The Morgan fingerprint density at radius 2 is 1.94 bits per heavy atom. The highest BCUT2D eigenvalue weighted by Gasteiger charge is 2.32. The summed E-state index contributed by atoms with van der Waals surface area (Å²) in [6.45, 7) is 5.20. The Hall–Kier alpha value is -3.15. The number of aromatic nitrogens is 1. The highest BCUT2D eigenvalue weighted by Crippen LogP contribution is 2.38. The molecule has 2 rings (SSSR count). The predicted molar refractivity (Wildman–Crippen MR) is 115 cm³/mol. The van der Waals surface area contributed by atoms with Gasteiger partial charge in [0.25, 0.3) is 0 Å². The molecule has 1 heterocycles. The van der Waals surface area contributed by atoms with E-state index in [9.17, 15) is 33.1 Å². The molecule has 2 N–H and O–H groups in total. The first-order valence-corrected chi connectivity index (χ1v) is 11.3. The topological polar surface area (TPSA) is 143 Å². The van der Waals surface area contributed by atoms with Gasteiger partial charge in [-0.25, -0.2) is 4.79 Å². The highest BCUT2D eigenvalue weighted by atomic mass is 31.1. The van der Waals surface area contributed by atoms with Crippen molar-refractivity contribution in [1.29, 1.82) is 0 Å². The normalized spacial score (nSPS) is 12.9. The number of aromatic hydroxyl groups is 1. The van der Waals surface area contributed by atoms with Crippen LogP contribution in [-0.2, 0) is 22.7 Å². The Morgan fingerprint density at radius 1 is 1.26 bits per heavy atom. The van der Waals surface area contributed by atoms with E-state index in [1.165, 1.54) is 20.0 Å². The summed E-state index contributed by atoms with van der Waals surface area (Å²) in [4.78, 5) is 28.2. The summed E-state index contributed by atoms with van der Waals surface area (Å²) < 4.78 is 61.2. The average Bonchev–Trinajstić information content (AvgIpc) is 2.74. The van der Waals surface area contributed by atoms with Crippen molar-refractivity contribution in [2.45, 2.75) is 59.4 Å². The van der Waals surface area contributed by atoms with E-state index in [1.54, 1.807) is 13.8 Å². The molecule has 0 fully saturated rings. The van der Waals surface area contributed by atoms with Crippen LogP contribution in [0.3, 0.4) is 0 Å². The second kappa shape index (κ2) is 12.0. The lowest BCUT2D eigenvalue weighted by Crippen LogP contribution is -2.21. The first kappa shape index (κ1) is 28.1. The number of hydrogen-bond donors (Lipinski definition) is 2. The van der Waals surface area contributed by atoms with Gasteiger partial charge in [-0.2, -0.15) is 0 Å². The molecule has 0 spiro atoms. The molecule has 0 bridgehead atoms. The summed E-state index contributed by atoms with van der Waals surface area (Å²) in [6.07, 6.45) is -4.09. The number of hydrogen-bond acceptors (Lipinski definition) is 10. The molecular formula is C21H24F3N2O8P. The monoisotopic (exact) mass is 520 g/mol. The van der Waals surface area contributed by atoms with Gasteiger partial charge in [-0.15, -0.1) is 13.2 Å². The molecular weight excluding hydrogens is 496 g/mol. The maximum atomic E-state index is 12.7. The van der Waals surface area contributed by atoms with Crippen LogP contribution in [0.2, 0.25) is 0 Å². The number of pyridine rings is 1. The molecule has 1 aromatic heterocycles. The zero-order valence-corrected chi connectivity index (χ0v) is 20.1. The van der Waals surface area contributed by atoms with Crippen LogP contribution in [0.4, 0.5) is 13.2 Å². The van der Waals surface area contributed by atoms with E-state index in [0.717, 1.165) is 18.2 Å². The molecule has 0 amide bonds. The summed E-state index contributed by atoms with van der Waals surface area (Å²) in [6, 6.07) is 1.65. The van der Waals surface area contributed by atoms with Gasteiger partial charge in [0.2, 0.25) is 5.75 Å². The molecule has 0 radical (unpaired) electrons. The second-order valence-corrected chi connectivity index (χ2v) is 8.29. The number of nitrogens with zero attached hydrogens (tertiary/aromatic N) is 2. The fourth-order valence-corrected chi connectivity index (χ4v) is 3.38. The van der Waals surface area contributed by atoms with E-state index in [0.29, 0.717) is 0 Å². The number of carbonyl (C=O) groups excluding carboxylic acids is 1. The third-order valence-electron chi connectivity index (χ3n) is 4.26. The van der Waals surface area contributed by atoms with Crippen molar-refractivity contribution >= 4 is 14.1 Å². The van der Waals surface area contributed by atoms with Crippen LogP contribution in [0, 0.1) is 6.92 Å². The van der Waals surface area contributed by atoms with Gasteiger partial charge < -0.3 is 29.3 Å². The SMILES string of the molecule is Cc1ncc(COc2cc(OC(F)(F)F)ccc2O[P+]([O-])=N[C@@H](C)C(=O)OC(C)C)c(CO)c1O. The maximum absolute atomic E-state index is 12.7. The number of rotatable bonds is 10. The van der Waals surface area contributed by atoms with Gasteiger partial charge in [-0.05, 0) is 39.8 Å².